The fourth-order valence-electron chi connectivity index (χ4n) is 3.59. The maximum absolute atomic E-state index is 13.7. The molecule has 2 rings (SSSR count). The second-order valence-electron chi connectivity index (χ2n) is 9.38. The van der Waals surface area contributed by atoms with Crippen molar-refractivity contribution in [2.24, 2.45) is 5.92 Å². The predicted molar refractivity (Wildman–Crippen MR) is 146 cm³/mol. The van der Waals surface area contributed by atoms with Crippen LogP contribution in [0.2, 0.25) is 0 Å². The molecule has 1 N–H and O–H groups in total. The smallest absolute Gasteiger partial charge is 0.318 e. The summed E-state index contributed by atoms with van der Waals surface area (Å²) in [4.78, 5) is 41.7. The van der Waals surface area contributed by atoms with Crippen molar-refractivity contribution in [2.45, 2.75) is 45.7 Å². The zero-order chi connectivity index (χ0) is 26.5. The Hall–Kier alpha value is -3.00. The molecule has 0 saturated heterocycles. The quantitative estimate of drug-likeness (QED) is 0.428. The Morgan fingerprint density at radius 3 is 2.14 bits per heavy atom. The van der Waals surface area contributed by atoms with Crippen LogP contribution in [0.25, 0.3) is 0 Å². The standard InChI is InChI=1S/C28H39N3O4S/c1-21(2)16-17-31(24(20-36-22(3)32)19-35-25-14-10-7-11-15-25)28(34)29-26(27(33)30(4)5)18-23-12-8-6-9-13-23/h6-15,21,24,26H,16-20H2,1-5H3,(H,29,34)/t24-,26-/m0/s1. The van der Waals surface area contributed by atoms with Gasteiger partial charge in [-0.25, -0.2) is 4.79 Å². The first-order valence-corrected chi connectivity index (χ1v) is 13.3. The summed E-state index contributed by atoms with van der Waals surface area (Å²) >= 11 is 1.17. The van der Waals surface area contributed by atoms with E-state index in [1.165, 1.54) is 23.6 Å². The number of para-hydroxylation sites is 1. The molecular formula is C28H39N3O4S. The maximum atomic E-state index is 13.7. The number of carbonyl (C=O) groups is 3. The number of nitrogens with one attached hydrogen (secondary N) is 1. The van der Waals surface area contributed by atoms with Gasteiger partial charge in [-0.15, -0.1) is 0 Å². The van der Waals surface area contributed by atoms with E-state index in [1.54, 1.807) is 19.0 Å². The highest BCUT2D eigenvalue weighted by atomic mass is 32.2. The maximum Gasteiger partial charge on any atom is 0.318 e. The Kier molecular flexibility index (Phi) is 12.3. The van der Waals surface area contributed by atoms with Crippen LogP contribution in [0, 0.1) is 5.92 Å². The Balaban J connectivity index is 2.27. The monoisotopic (exact) mass is 513 g/mol. The average molecular weight is 514 g/mol. The number of amides is 3. The highest BCUT2D eigenvalue weighted by molar-refractivity contribution is 8.13. The predicted octanol–water partition coefficient (Wildman–Crippen LogP) is 4.47. The van der Waals surface area contributed by atoms with Gasteiger partial charge in [0.25, 0.3) is 0 Å². The molecule has 0 fully saturated rings. The van der Waals surface area contributed by atoms with Crippen LogP contribution in [-0.4, -0.2) is 71.9 Å². The second-order valence-corrected chi connectivity index (χ2v) is 10.6. The van der Waals surface area contributed by atoms with Gasteiger partial charge in [0, 0.05) is 39.7 Å². The molecule has 0 unspecified atom stereocenters. The Morgan fingerprint density at radius 1 is 0.972 bits per heavy atom. The second kappa shape index (κ2) is 15.2. The van der Waals surface area contributed by atoms with E-state index in [0.29, 0.717) is 30.4 Å². The molecule has 0 aliphatic heterocycles. The van der Waals surface area contributed by atoms with Crippen molar-refractivity contribution in [1.82, 2.24) is 15.1 Å². The van der Waals surface area contributed by atoms with Crippen LogP contribution < -0.4 is 10.1 Å². The average Bonchev–Trinajstić information content (AvgIpc) is 2.85. The van der Waals surface area contributed by atoms with Gasteiger partial charge in [0.2, 0.25) is 5.91 Å². The van der Waals surface area contributed by atoms with Crippen molar-refractivity contribution in [1.29, 1.82) is 0 Å². The summed E-state index contributed by atoms with van der Waals surface area (Å²) in [5.41, 5.74) is 0.961. The normalized spacial score (nSPS) is 12.5. The Morgan fingerprint density at radius 2 is 1.58 bits per heavy atom. The van der Waals surface area contributed by atoms with Crippen molar-refractivity contribution in [3.05, 3.63) is 66.2 Å². The van der Waals surface area contributed by atoms with Gasteiger partial charge in [-0.3, -0.25) is 9.59 Å². The van der Waals surface area contributed by atoms with Crippen LogP contribution in [0.5, 0.6) is 5.75 Å². The zero-order valence-electron chi connectivity index (χ0n) is 22.0. The molecule has 0 bridgehead atoms. The molecule has 2 aromatic carbocycles. The zero-order valence-corrected chi connectivity index (χ0v) is 22.8. The molecule has 0 spiro atoms. The van der Waals surface area contributed by atoms with E-state index >= 15 is 0 Å². The lowest BCUT2D eigenvalue weighted by atomic mass is 10.0. The van der Waals surface area contributed by atoms with E-state index in [0.717, 1.165) is 12.0 Å². The number of likely N-dealkylation sites (N-methyl/N-ethyl adjacent to an activating group) is 1. The van der Waals surface area contributed by atoms with E-state index < -0.39 is 6.04 Å². The van der Waals surface area contributed by atoms with Crippen molar-refractivity contribution < 1.29 is 19.1 Å². The van der Waals surface area contributed by atoms with Gasteiger partial charge in [0.1, 0.15) is 18.4 Å². The summed E-state index contributed by atoms with van der Waals surface area (Å²) in [5.74, 6) is 1.30. The SMILES string of the molecule is CC(=O)SC[C@H](COc1ccccc1)N(CCC(C)C)C(=O)N[C@@H](Cc1ccccc1)C(=O)N(C)C. The van der Waals surface area contributed by atoms with Gasteiger partial charge < -0.3 is 19.9 Å². The molecule has 0 aliphatic carbocycles. The van der Waals surface area contributed by atoms with Gasteiger partial charge in [-0.05, 0) is 30.0 Å². The summed E-state index contributed by atoms with van der Waals surface area (Å²) < 4.78 is 6.00. The third-order valence-corrected chi connectivity index (χ3v) is 6.59. The molecule has 36 heavy (non-hydrogen) atoms. The van der Waals surface area contributed by atoms with Crippen LogP contribution in [0.4, 0.5) is 4.79 Å². The number of thioether (sulfide) groups is 1. The number of ether oxygens (including phenoxy) is 1. The van der Waals surface area contributed by atoms with Crippen molar-refractivity contribution >= 4 is 28.8 Å². The third-order valence-electron chi connectivity index (χ3n) is 5.63. The van der Waals surface area contributed by atoms with E-state index in [4.69, 9.17) is 4.74 Å². The lowest BCUT2D eigenvalue weighted by molar-refractivity contribution is -0.130. The Bertz CT molecular complexity index is 954. The number of hydrogen-bond donors (Lipinski definition) is 1. The first-order chi connectivity index (χ1) is 17.2. The molecule has 2 atom stereocenters. The molecule has 0 aliphatic rings. The lowest BCUT2D eigenvalue weighted by Gasteiger charge is -2.34. The van der Waals surface area contributed by atoms with Crippen LogP contribution in [0.15, 0.2) is 60.7 Å². The molecule has 3 amide bonds. The van der Waals surface area contributed by atoms with Gasteiger partial charge in [-0.1, -0.05) is 74.1 Å². The number of carbonyl (C=O) groups excluding carboxylic acids is 3. The summed E-state index contributed by atoms with van der Waals surface area (Å²) in [6, 6.07) is 17.6. The summed E-state index contributed by atoms with van der Waals surface area (Å²) in [6.45, 7) is 6.44. The number of benzene rings is 2. The highest BCUT2D eigenvalue weighted by Crippen LogP contribution is 2.17. The van der Waals surface area contributed by atoms with Crippen molar-refractivity contribution in [3.8, 4) is 5.75 Å². The topological polar surface area (TPSA) is 79.0 Å². The molecular weight excluding hydrogens is 474 g/mol. The first kappa shape index (κ1) is 29.2. The number of nitrogens with zero attached hydrogens (tertiary/aromatic N) is 2. The highest BCUT2D eigenvalue weighted by Gasteiger charge is 2.30. The van der Waals surface area contributed by atoms with Crippen LogP contribution in [0.3, 0.4) is 0 Å². The molecule has 196 valence electrons. The Labute approximate surface area is 219 Å². The van der Waals surface area contributed by atoms with Gasteiger partial charge in [0.15, 0.2) is 5.12 Å². The minimum atomic E-state index is -0.715. The summed E-state index contributed by atoms with van der Waals surface area (Å²) in [5, 5.41) is 2.96. The number of hydrogen-bond acceptors (Lipinski definition) is 5. The van der Waals surface area contributed by atoms with E-state index in [2.05, 4.69) is 19.2 Å². The van der Waals surface area contributed by atoms with E-state index in [-0.39, 0.29) is 29.7 Å². The first-order valence-electron chi connectivity index (χ1n) is 12.3. The summed E-state index contributed by atoms with van der Waals surface area (Å²) in [6.07, 6.45) is 1.17. The van der Waals surface area contributed by atoms with Gasteiger partial charge in [-0.2, -0.15) is 0 Å². The minimum absolute atomic E-state index is 0.0198. The van der Waals surface area contributed by atoms with Gasteiger partial charge in [0.05, 0.1) is 6.04 Å². The van der Waals surface area contributed by atoms with Crippen LogP contribution in [0.1, 0.15) is 32.8 Å². The molecule has 2 aromatic rings. The minimum Gasteiger partial charge on any atom is -0.491 e. The van der Waals surface area contributed by atoms with Gasteiger partial charge >= 0.3 is 6.03 Å². The largest absolute Gasteiger partial charge is 0.491 e. The number of urea groups is 1. The van der Waals surface area contributed by atoms with Crippen LogP contribution in [-0.2, 0) is 16.0 Å². The van der Waals surface area contributed by atoms with E-state index in [1.807, 2.05) is 60.7 Å². The third kappa shape index (κ3) is 10.3. The van der Waals surface area contributed by atoms with Crippen molar-refractivity contribution in [2.75, 3.05) is 33.0 Å². The number of rotatable bonds is 13. The fourth-order valence-corrected chi connectivity index (χ4v) is 4.29. The van der Waals surface area contributed by atoms with Crippen LogP contribution >= 0.6 is 11.8 Å². The van der Waals surface area contributed by atoms with E-state index in [9.17, 15) is 14.4 Å². The molecule has 0 heterocycles. The molecule has 7 nitrogen and oxygen atoms in total. The summed E-state index contributed by atoms with van der Waals surface area (Å²) in [7, 11) is 3.37. The van der Waals surface area contributed by atoms with Crippen molar-refractivity contribution in [3.63, 3.8) is 0 Å². The molecule has 0 radical (unpaired) electrons. The molecule has 8 heteroatoms. The fraction of sp³-hybridized carbons (Fsp3) is 0.464. The molecule has 0 saturated carbocycles. The molecule has 0 aromatic heterocycles. The lowest BCUT2D eigenvalue weighted by Crippen LogP contribution is -2.56.